The van der Waals surface area contributed by atoms with Crippen molar-refractivity contribution >= 4 is 0 Å². The van der Waals surface area contributed by atoms with E-state index < -0.39 is 11.8 Å². The van der Waals surface area contributed by atoms with E-state index in [2.05, 4.69) is 5.32 Å². The lowest BCUT2D eigenvalue weighted by Crippen LogP contribution is -2.46. The molecule has 1 N–H and O–H groups in total. The normalized spacial score (nSPS) is 25.5. The summed E-state index contributed by atoms with van der Waals surface area (Å²) in [5.41, 5.74) is -1.24. The van der Waals surface area contributed by atoms with E-state index in [0.717, 1.165) is 36.1 Å². The minimum Gasteiger partial charge on any atom is -0.313 e. The fraction of sp³-hybridized carbons (Fsp3) is 0.478. The number of alkyl halides is 4. The Kier molecular flexibility index (Phi) is 5.54. The highest BCUT2D eigenvalue weighted by atomic mass is 19.4. The van der Waals surface area contributed by atoms with Crippen LogP contribution in [0, 0.1) is 5.82 Å². The summed E-state index contributed by atoms with van der Waals surface area (Å²) in [6.07, 6.45) is -2.05. The maximum atomic E-state index is 14.5. The van der Waals surface area contributed by atoms with Gasteiger partial charge in [0.2, 0.25) is 5.67 Å². The summed E-state index contributed by atoms with van der Waals surface area (Å²) in [5.74, 6) is -0.301. The van der Waals surface area contributed by atoms with Gasteiger partial charge in [0.1, 0.15) is 5.82 Å². The quantitative estimate of drug-likeness (QED) is 0.611. The van der Waals surface area contributed by atoms with Crippen molar-refractivity contribution in [2.75, 3.05) is 6.54 Å². The van der Waals surface area contributed by atoms with Crippen LogP contribution < -0.4 is 5.32 Å². The largest absolute Gasteiger partial charge is 0.426 e. The monoisotopic (exact) mass is 411 g/mol. The lowest BCUT2D eigenvalue weighted by atomic mass is 9.63. The lowest BCUT2D eigenvalue weighted by molar-refractivity contribution is -0.228. The second-order valence-electron chi connectivity index (χ2n) is 8.13. The molecular formula is C23H26F5N. The Balaban J connectivity index is 0.00000240. The third kappa shape index (κ3) is 3.56. The highest BCUT2D eigenvalue weighted by Gasteiger charge is 2.54. The zero-order chi connectivity index (χ0) is 20.2. The number of hydrogen-bond donors (Lipinski definition) is 1. The second-order valence-corrected chi connectivity index (χ2v) is 8.13. The third-order valence-corrected chi connectivity index (χ3v) is 6.48. The predicted molar refractivity (Wildman–Crippen MR) is 104 cm³/mol. The van der Waals surface area contributed by atoms with Crippen LogP contribution in [0.5, 0.6) is 0 Å². The van der Waals surface area contributed by atoms with Crippen LogP contribution in [0.2, 0.25) is 0 Å². The predicted octanol–water partition coefficient (Wildman–Crippen LogP) is 6.00. The lowest BCUT2D eigenvalue weighted by Gasteiger charge is -2.42. The van der Waals surface area contributed by atoms with Crippen LogP contribution in [-0.2, 0) is 23.9 Å². The van der Waals surface area contributed by atoms with Gasteiger partial charge in [-0.05, 0) is 73.5 Å². The van der Waals surface area contributed by atoms with Gasteiger partial charge in [-0.25, -0.2) is 8.78 Å². The molecule has 2 aromatic rings. The zero-order valence-electron chi connectivity index (χ0n) is 15.5. The molecule has 1 saturated heterocycles. The molecule has 0 saturated carbocycles. The summed E-state index contributed by atoms with van der Waals surface area (Å²) >= 11 is 0. The molecule has 2 aliphatic rings. The Bertz CT molecular complexity index is 872. The van der Waals surface area contributed by atoms with Gasteiger partial charge in [0.05, 0.1) is 0 Å². The van der Waals surface area contributed by atoms with E-state index >= 15 is 0 Å². The summed E-state index contributed by atoms with van der Waals surface area (Å²) in [4.78, 5) is 0. The molecule has 0 bridgehead atoms. The van der Waals surface area contributed by atoms with Gasteiger partial charge in [0.15, 0.2) is 0 Å². The Labute approximate surface area is 168 Å². The molecular weight excluding hydrogens is 385 g/mol. The number of benzene rings is 2. The van der Waals surface area contributed by atoms with Crippen molar-refractivity contribution in [1.82, 2.24) is 5.32 Å². The summed E-state index contributed by atoms with van der Waals surface area (Å²) in [6, 6.07) is 10.9. The van der Waals surface area contributed by atoms with Crippen LogP contribution in [-0.4, -0.2) is 18.8 Å². The molecule has 3 unspecified atom stereocenters. The standard InChI is InChI=1S/C22H22F5N.CH4/c1-20(24,22(25,26)27)16-5-8-18-15(12-16)4-9-19-21(18,10-11-28-19)13-14-2-6-17(23)7-3-14;/h2-3,5-8,12,19,28H,4,9-11,13H2,1H3;1H4. The van der Waals surface area contributed by atoms with E-state index in [-0.39, 0.29) is 30.3 Å². The molecule has 1 aliphatic heterocycles. The van der Waals surface area contributed by atoms with Crippen LogP contribution >= 0.6 is 0 Å². The molecule has 158 valence electrons. The van der Waals surface area contributed by atoms with Crippen molar-refractivity contribution in [3.05, 3.63) is 70.5 Å². The number of rotatable bonds is 3. The molecule has 0 amide bonds. The highest BCUT2D eigenvalue weighted by molar-refractivity contribution is 5.45. The maximum Gasteiger partial charge on any atom is 0.426 e. The number of hydrogen-bond acceptors (Lipinski definition) is 1. The summed E-state index contributed by atoms with van der Waals surface area (Å²) in [7, 11) is 0. The fourth-order valence-electron chi connectivity index (χ4n) is 4.85. The van der Waals surface area contributed by atoms with Crippen LogP contribution in [0.15, 0.2) is 42.5 Å². The molecule has 1 heterocycles. The number of fused-ring (bicyclic) bond motifs is 3. The Morgan fingerprint density at radius 1 is 1.07 bits per heavy atom. The van der Waals surface area contributed by atoms with Crippen molar-refractivity contribution in [1.29, 1.82) is 0 Å². The molecule has 2 aromatic carbocycles. The topological polar surface area (TPSA) is 12.0 Å². The Morgan fingerprint density at radius 2 is 1.76 bits per heavy atom. The van der Waals surface area contributed by atoms with Crippen LogP contribution in [0.1, 0.15) is 49.4 Å². The van der Waals surface area contributed by atoms with Gasteiger partial charge in [-0.15, -0.1) is 0 Å². The molecule has 1 aliphatic carbocycles. The van der Waals surface area contributed by atoms with E-state index in [0.29, 0.717) is 19.8 Å². The summed E-state index contributed by atoms with van der Waals surface area (Å²) in [5, 5.41) is 3.51. The molecule has 29 heavy (non-hydrogen) atoms. The minimum absolute atomic E-state index is 0. The zero-order valence-corrected chi connectivity index (χ0v) is 15.5. The van der Waals surface area contributed by atoms with Gasteiger partial charge in [-0.1, -0.05) is 37.8 Å². The molecule has 6 heteroatoms. The Morgan fingerprint density at radius 3 is 2.41 bits per heavy atom. The SMILES string of the molecule is C.CC(F)(c1ccc2c(c1)CCC1NCCC21Cc1ccc(F)cc1)C(F)(F)F. The highest BCUT2D eigenvalue weighted by Crippen LogP contribution is 2.48. The van der Waals surface area contributed by atoms with Gasteiger partial charge in [-0.3, -0.25) is 0 Å². The summed E-state index contributed by atoms with van der Waals surface area (Å²) in [6.45, 7) is 1.39. The van der Waals surface area contributed by atoms with Gasteiger partial charge in [0.25, 0.3) is 0 Å². The number of nitrogens with one attached hydrogen (secondary N) is 1. The second kappa shape index (κ2) is 7.38. The third-order valence-electron chi connectivity index (χ3n) is 6.48. The van der Waals surface area contributed by atoms with Gasteiger partial charge in [-0.2, -0.15) is 13.2 Å². The van der Waals surface area contributed by atoms with Crippen molar-refractivity contribution in [2.24, 2.45) is 0 Å². The molecule has 1 fully saturated rings. The smallest absolute Gasteiger partial charge is 0.313 e. The first kappa shape index (κ1) is 21.8. The molecule has 3 atom stereocenters. The number of aryl methyl sites for hydroxylation is 1. The van der Waals surface area contributed by atoms with E-state index in [9.17, 15) is 22.0 Å². The average Bonchev–Trinajstić information content (AvgIpc) is 3.06. The van der Waals surface area contributed by atoms with Gasteiger partial charge < -0.3 is 5.32 Å². The molecule has 1 nitrogen and oxygen atoms in total. The molecule has 4 rings (SSSR count). The van der Waals surface area contributed by atoms with Crippen molar-refractivity contribution in [3.63, 3.8) is 0 Å². The van der Waals surface area contributed by atoms with Crippen molar-refractivity contribution < 1.29 is 22.0 Å². The molecule has 0 radical (unpaired) electrons. The van der Waals surface area contributed by atoms with E-state index in [4.69, 9.17) is 0 Å². The minimum atomic E-state index is -4.96. The Hall–Kier alpha value is -1.95. The first-order valence-electron chi connectivity index (χ1n) is 9.51. The first-order chi connectivity index (χ1) is 13.1. The number of halogens is 5. The van der Waals surface area contributed by atoms with Crippen LogP contribution in [0.25, 0.3) is 0 Å². The van der Waals surface area contributed by atoms with Gasteiger partial charge >= 0.3 is 6.18 Å². The summed E-state index contributed by atoms with van der Waals surface area (Å²) < 4.78 is 67.2. The van der Waals surface area contributed by atoms with Crippen LogP contribution in [0.3, 0.4) is 0 Å². The van der Waals surface area contributed by atoms with E-state index in [1.165, 1.54) is 24.3 Å². The van der Waals surface area contributed by atoms with E-state index in [1.807, 2.05) is 0 Å². The fourth-order valence-corrected chi connectivity index (χ4v) is 4.85. The molecule has 0 aromatic heterocycles. The van der Waals surface area contributed by atoms with Crippen molar-refractivity contribution in [2.45, 2.75) is 63.3 Å². The maximum absolute atomic E-state index is 14.5. The first-order valence-corrected chi connectivity index (χ1v) is 9.51. The van der Waals surface area contributed by atoms with Gasteiger partial charge in [0, 0.05) is 11.5 Å². The molecule has 0 spiro atoms. The van der Waals surface area contributed by atoms with Crippen molar-refractivity contribution in [3.8, 4) is 0 Å². The van der Waals surface area contributed by atoms with E-state index in [1.54, 1.807) is 18.2 Å². The van der Waals surface area contributed by atoms with Crippen LogP contribution in [0.4, 0.5) is 22.0 Å². The average molecular weight is 411 g/mol.